The number of morpholine rings is 1. The van der Waals surface area contributed by atoms with Crippen LogP contribution in [0.4, 0.5) is 0 Å². The van der Waals surface area contributed by atoms with Gasteiger partial charge in [0.15, 0.2) is 0 Å². The Morgan fingerprint density at radius 1 is 1.10 bits per heavy atom. The second kappa shape index (κ2) is 9.40. The van der Waals surface area contributed by atoms with Gasteiger partial charge in [-0.3, -0.25) is 14.7 Å². The molecule has 0 aliphatic carbocycles. The summed E-state index contributed by atoms with van der Waals surface area (Å²) in [6.07, 6.45) is 3.99. The summed E-state index contributed by atoms with van der Waals surface area (Å²) in [5.74, 6) is 0.597. The predicted octanol–water partition coefficient (Wildman–Crippen LogP) is 1.32. The number of ether oxygens (including phenoxy) is 1. The van der Waals surface area contributed by atoms with Gasteiger partial charge in [-0.15, -0.1) is 5.10 Å². The lowest BCUT2D eigenvalue weighted by molar-refractivity contribution is 0.0383. The van der Waals surface area contributed by atoms with Crippen molar-refractivity contribution in [1.29, 1.82) is 0 Å². The van der Waals surface area contributed by atoms with Crippen molar-refractivity contribution in [2.75, 3.05) is 39.4 Å². The molecule has 0 spiro atoms. The molecule has 0 radical (unpaired) electrons. The molecule has 0 bridgehead atoms. The maximum absolute atomic E-state index is 12.6. The maximum atomic E-state index is 12.6. The normalized spacial score (nSPS) is 14.6. The fourth-order valence-electron chi connectivity index (χ4n) is 3.25. The van der Waals surface area contributed by atoms with E-state index in [4.69, 9.17) is 4.74 Å². The number of hydrogen-bond donors (Lipinski definition) is 1. The SMILES string of the molecule is O=C(NCCN1CCOCC1)c1nc(Cc2ccccc2)n(-c2cccnc2)n1. The largest absolute Gasteiger partial charge is 0.379 e. The van der Waals surface area contributed by atoms with E-state index in [-0.39, 0.29) is 11.7 Å². The number of rotatable bonds is 7. The van der Waals surface area contributed by atoms with Gasteiger partial charge in [0.25, 0.3) is 5.91 Å². The Morgan fingerprint density at radius 3 is 2.69 bits per heavy atom. The van der Waals surface area contributed by atoms with E-state index in [0.717, 1.165) is 44.1 Å². The third kappa shape index (κ3) is 5.04. The minimum atomic E-state index is -0.268. The van der Waals surface area contributed by atoms with E-state index in [1.54, 1.807) is 17.1 Å². The first-order chi connectivity index (χ1) is 14.3. The number of pyridine rings is 1. The van der Waals surface area contributed by atoms with Gasteiger partial charge in [0, 0.05) is 38.8 Å². The Balaban J connectivity index is 1.48. The van der Waals surface area contributed by atoms with Crippen LogP contribution in [-0.2, 0) is 11.2 Å². The van der Waals surface area contributed by atoms with E-state index in [0.29, 0.717) is 18.8 Å². The highest BCUT2D eigenvalue weighted by Gasteiger charge is 2.18. The monoisotopic (exact) mass is 392 g/mol. The standard InChI is InChI=1S/C21H24N6O2/c28-21(23-9-10-26-11-13-29-14-12-26)20-24-19(15-17-5-2-1-3-6-17)27(25-20)18-7-4-8-22-16-18/h1-8,16H,9-15H2,(H,23,28). The summed E-state index contributed by atoms with van der Waals surface area (Å²) in [6.45, 7) is 4.61. The zero-order valence-electron chi connectivity index (χ0n) is 16.2. The molecule has 2 aromatic heterocycles. The third-order valence-corrected chi connectivity index (χ3v) is 4.79. The molecule has 3 aromatic rings. The molecular weight excluding hydrogens is 368 g/mol. The second-order valence-corrected chi connectivity index (χ2v) is 6.85. The molecule has 1 aromatic carbocycles. The maximum Gasteiger partial charge on any atom is 0.291 e. The van der Waals surface area contributed by atoms with Crippen LogP contribution in [0.5, 0.6) is 0 Å². The number of benzene rings is 1. The van der Waals surface area contributed by atoms with Gasteiger partial charge >= 0.3 is 0 Å². The third-order valence-electron chi connectivity index (χ3n) is 4.79. The van der Waals surface area contributed by atoms with E-state index in [1.807, 2.05) is 42.5 Å². The fraction of sp³-hybridized carbons (Fsp3) is 0.333. The van der Waals surface area contributed by atoms with E-state index >= 15 is 0 Å². The Labute approximate surface area is 169 Å². The molecule has 3 heterocycles. The molecule has 1 aliphatic rings. The molecule has 0 unspecified atom stereocenters. The van der Waals surface area contributed by atoms with Crippen molar-refractivity contribution in [2.45, 2.75) is 6.42 Å². The van der Waals surface area contributed by atoms with E-state index in [2.05, 4.69) is 25.3 Å². The summed E-state index contributed by atoms with van der Waals surface area (Å²) in [6, 6.07) is 13.7. The van der Waals surface area contributed by atoms with Crippen molar-refractivity contribution in [3.8, 4) is 5.69 Å². The van der Waals surface area contributed by atoms with Gasteiger partial charge in [-0.2, -0.15) is 0 Å². The molecule has 1 aliphatic heterocycles. The van der Waals surface area contributed by atoms with Gasteiger partial charge in [-0.25, -0.2) is 9.67 Å². The Hall–Kier alpha value is -3.10. The Bertz CT molecular complexity index is 923. The quantitative estimate of drug-likeness (QED) is 0.653. The predicted molar refractivity (Wildman–Crippen MR) is 108 cm³/mol. The Kier molecular flexibility index (Phi) is 6.23. The van der Waals surface area contributed by atoms with Gasteiger partial charge in [0.1, 0.15) is 5.82 Å². The molecular formula is C21H24N6O2. The first-order valence-corrected chi connectivity index (χ1v) is 9.78. The van der Waals surface area contributed by atoms with Crippen molar-refractivity contribution in [1.82, 2.24) is 30.0 Å². The van der Waals surface area contributed by atoms with E-state index in [1.165, 1.54) is 0 Å². The van der Waals surface area contributed by atoms with Crippen LogP contribution < -0.4 is 5.32 Å². The topological polar surface area (TPSA) is 85.2 Å². The Morgan fingerprint density at radius 2 is 1.93 bits per heavy atom. The zero-order chi connectivity index (χ0) is 19.9. The van der Waals surface area contributed by atoms with Crippen LogP contribution in [0.3, 0.4) is 0 Å². The van der Waals surface area contributed by atoms with Crippen LogP contribution >= 0.6 is 0 Å². The average Bonchev–Trinajstić information content (AvgIpc) is 3.20. The molecule has 1 amide bonds. The highest BCUT2D eigenvalue weighted by molar-refractivity contribution is 5.90. The van der Waals surface area contributed by atoms with Crippen molar-refractivity contribution in [3.05, 3.63) is 72.1 Å². The zero-order valence-corrected chi connectivity index (χ0v) is 16.2. The molecule has 0 saturated carbocycles. The molecule has 0 atom stereocenters. The van der Waals surface area contributed by atoms with E-state index < -0.39 is 0 Å². The smallest absolute Gasteiger partial charge is 0.291 e. The molecule has 29 heavy (non-hydrogen) atoms. The lowest BCUT2D eigenvalue weighted by atomic mass is 10.1. The van der Waals surface area contributed by atoms with Crippen LogP contribution in [-0.4, -0.2) is 69.9 Å². The summed E-state index contributed by atoms with van der Waals surface area (Å²) >= 11 is 0. The van der Waals surface area contributed by atoms with Crippen molar-refractivity contribution < 1.29 is 9.53 Å². The number of nitrogens with one attached hydrogen (secondary N) is 1. The fourth-order valence-corrected chi connectivity index (χ4v) is 3.25. The van der Waals surface area contributed by atoms with Crippen molar-refractivity contribution in [3.63, 3.8) is 0 Å². The minimum absolute atomic E-state index is 0.168. The minimum Gasteiger partial charge on any atom is -0.379 e. The number of hydrogen-bond acceptors (Lipinski definition) is 6. The van der Waals surface area contributed by atoms with Crippen LogP contribution in [0.1, 0.15) is 22.0 Å². The molecule has 4 rings (SSSR count). The van der Waals surface area contributed by atoms with E-state index in [9.17, 15) is 4.79 Å². The highest BCUT2D eigenvalue weighted by atomic mass is 16.5. The lowest BCUT2D eigenvalue weighted by Gasteiger charge is -2.26. The van der Waals surface area contributed by atoms with Gasteiger partial charge in [-0.1, -0.05) is 30.3 Å². The molecule has 8 heteroatoms. The first kappa shape index (κ1) is 19.2. The van der Waals surface area contributed by atoms with Crippen molar-refractivity contribution >= 4 is 5.91 Å². The summed E-state index contributed by atoms with van der Waals surface area (Å²) < 4.78 is 7.04. The number of aromatic nitrogens is 4. The molecule has 1 saturated heterocycles. The molecule has 1 fully saturated rings. The molecule has 8 nitrogen and oxygen atoms in total. The first-order valence-electron chi connectivity index (χ1n) is 9.78. The van der Waals surface area contributed by atoms with Gasteiger partial charge in [0.2, 0.25) is 5.82 Å². The van der Waals surface area contributed by atoms with Crippen LogP contribution in [0.15, 0.2) is 54.9 Å². The number of carbonyl (C=O) groups is 1. The number of amides is 1. The second-order valence-electron chi connectivity index (χ2n) is 6.85. The van der Waals surface area contributed by atoms with Crippen molar-refractivity contribution in [2.24, 2.45) is 0 Å². The molecule has 1 N–H and O–H groups in total. The number of carbonyl (C=O) groups excluding carboxylic acids is 1. The van der Waals surface area contributed by atoms with Crippen LogP contribution in [0.2, 0.25) is 0 Å². The summed E-state index contributed by atoms with van der Waals surface area (Å²) in [4.78, 5) is 23.6. The van der Waals surface area contributed by atoms with Gasteiger partial charge in [-0.05, 0) is 17.7 Å². The van der Waals surface area contributed by atoms with Crippen LogP contribution in [0, 0.1) is 0 Å². The van der Waals surface area contributed by atoms with Crippen LogP contribution in [0.25, 0.3) is 5.69 Å². The summed E-state index contributed by atoms with van der Waals surface area (Å²) in [5.41, 5.74) is 1.88. The molecule has 150 valence electrons. The lowest BCUT2D eigenvalue weighted by Crippen LogP contribution is -2.41. The van der Waals surface area contributed by atoms with Gasteiger partial charge < -0.3 is 10.1 Å². The van der Waals surface area contributed by atoms with Gasteiger partial charge in [0.05, 0.1) is 25.1 Å². The summed E-state index contributed by atoms with van der Waals surface area (Å²) in [5, 5.41) is 7.39. The highest BCUT2D eigenvalue weighted by Crippen LogP contribution is 2.13. The summed E-state index contributed by atoms with van der Waals surface area (Å²) in [7, 11) is 0. The average molecular weight is 392 g/mol. The number of nitrogens with zero attached hydrogens (tertiary/aromatic N) is 5.